The molecule has 0 aliphatic rings. The summed E-state index contributed by atoms with van der Waals surface area (Å²) >= 11 is 0. The van der Waals surface area contributed by atoms with Crippen LogP contribution in [-0.2, 0) is 6.42 Å². The largest absolute Gasteiger partial charge is 0.330 e. The molecular weight excluding hydrogens is 643 g/mol. The summed E-state index contributed by atoms with van der Waals surface area (Å²) in [5, 5.41) is 5.05. The molecule has 0 aromatic heterocycles. The molecule has 0 saturated carbocycles. The Morgan fingerprint density at radius 1 is 0.340 bits per heavy atom. The lowest BCUT2D eigenvalue weighted by Gasteiger charge is -2.28. The highest BCUT2D eigenvalue weighted by molar-refractivity contribution is 6.01. The Morgan fingerprint density at radius 2 is 0.811 bits per heavy atom. The van der Waals surface area contributed by atoms with E-state index in [0.29, 0.717) is 0 Å². The van der Waals surface area contributed by atoms with E-state index in [-0.39, 0.29) is 0 Å². The van der Waals surface area contributed by atoms with Crippen LogP contribution in [0.2, 0.25) is 0 Å². The number of unbranched alkanes of at least 4 members (excludes halogenated alkanes) is 3. The van der Waals surface area contributed by atoms with Crippen LogP contribution in [0.1, 0.15) is 31.2 Å². The van der Waals surface area contributed by atoms with E-state index >= 15 is 0 Å². The summed E-state index contributed by atoms with van der Waals surface area (Å²) in [4.78, 5) is 4.74. The van der Waals surface area contributed by atoms with Gasteiger partial charge in [0, 0.05) is 33.5 Å². The lowest BCUT2D eigenvalue weighted by Crippen LogP contribution is -2.11. The normalized spacial score (nSPS) is 11.2. The molecular formula is C50H45N3. The first-order chi connectivity index (χ1) is 26.3. The fourth-order valence-electron chi connectivity index (χ4n) is 7.59. The summed E-state index contributed by atoms with van der Waals surface area (Å²) in [6, 6.07) is 67.9. The van der Waals surface area contributed by atoms with Crippen LogP contribution >= 0.6 is 0 Å². The van der Waals surface area contributed by atoms with Gasteiger partial charge in [-0.1, -0.05) is 140 Å². The number of para-hydroxylation sites is 2. The van der Waals surface area contributed by atoms with Gasteiger partial charge in [0.25, 0.3) is 0 Å². The van der Waals surface area contributed by atoms with Crippen molar-refractivity contribution in [2.75, 3.05) is 16.3 Å². The van der Waals surface area contributed by atoms with E-state index in [1.54, 1.807) is 0 Å². The van der Waals surface area contributed by atoms with Crippen molar-refractivity contribution in [3.8, 4) is 11.1 Å². The quantitative estimate of drug-likeness (QED) is 0.122. The van der Waals surface area contributed by atoms with Gasteiger partial charge in [-0.15, -0.1) is 0 Å². The molecule has 8 aromatic carbocycles. The maximum absolute atomic E-state index is 5.73. The summed E-state index contributed by atoms with van der Waals surface area (Å²) < 4.78 is 0. The third-order valence-corrected chi connectivity index (χ3v) is 10.3. The third kappa shape index (κ3) is 7.30. The number of nitrogens with zero attached hydrogens (tertiary/aromatic N) is 2. The highest BCUT2D eigenvalue weighted by atomic mass is 15.1. The molecule has 0 saturated heterocycles. The van der Waals surface area contributed by atoms with Crippen LogP contribution in [0.5, 0.6) is 0 Å². The van der Waals surface area contributed by atoms with Crippen LogP contribution in [0.25, 0.3) is 32.7 Å². The van der Waals surface area contributed by atoms with Gasteiger partial charge in [0.1, 0.15) is 0 Å². The molecule has 0 heterocycles. The highest BCUT2D eigenvalue weighted by Gasteiger charge is 2.18. The zero-order valence-electron chi connectivity index (χ0n) is 30.1. The van der Waals surface area contributed by atoms with Crippen LogP contribution < -0.4 is 15.5 Å². The monoisotopic (exact) mass is 687 g/mol. The number of benzene rings is 8. The molecule has 0 radical (unpaired) electrons. The fraction of sp³-hybridized carbons (Fsp3) is 0.120. The Morgan fingerprint density at radius 3 is 1.42 bits per heavy atom. The van der Waals surface area contributed by atoms with Crippen LogP contribution in [0, 0.1) is 0 Å². The van der Waals surface area contributed by atoms with Crippen LogP contribution in [0.4, 0.5) is 34.1 Å². The topological polar surface area (TPSA) is 32.5 Å². The van der Waals surface area contributed by atoms with Crippen LogP contribution in [-0.4, -0.2) is 6.54 Å². The van der Waals surface area contributed by atoms with Gasteiger partial charge in [0.15, 0.2) is 0 Å². The van der Waals surface area contributed by atoms with E-state index in [1.165, 1.54) is 63.2 Å². The molecule has 0 aliphatic carbocycles. The molecule has 0 atom stereocenters. The Bertz CT molecular complexity index is 2400. The first kappa shape index (κ1) is 34.0. The fourth-order valence-corrected chi connectivity index (χ4v) is 7.59. The minimum absolute atomic E-state index is 0.778. The van der Waals surface area contributed by atoms with E-state index in [9.17, 15) is 0 Å². The molecule has 0 spiro atoms. The van der Waals surface area contributed by atoms with E-state index < -0.39 is 0 Å². The van der Waals surface area contributed by atoms with Crippen molar-refractivity contribution in [2.24, 2.45) is 5.73 Å². The standard InChI is InChI=1S/C50H45N3/c51-37-14-2-1-5-16-41-31-36-50(48-25-13-12-23-46(41)48)53(43-21-8-4-9-22-43)45-34-29-39(30-35-45)38-27-32-44(33-28-38)52(42-19-6-3-7-20-42)49-26-15-18-40-17-10-11-24-47(40)49/h3-4,6-13,15,17-36H,1-2,5,14,16,37,51H2. The van der Waals surface area contributed by atoms with Gasteiger partial charge in [-0.05, 0) is 114 Å². The number of anilines is 6. The molecule has 260 valence electrons. The van der Waals surface area contributed by atoms with Crippen molar-refractivity contribution in [3.63, 3.8) is 0 Å². The van der Waals surface area contributed by atoms with Gasteiger partial charge in [-0.3, -0.25) is 0 Å². The molecule has 0 amide bonds. The van der Waals surface area contributed by atoms with Crippen molar-refractivity contribution in [2.45, 2.75) is 32.1 Å². The molecule has 53 heavy (non-hydrogen) atoms. The van der Waals surface area contributed by atoms with E-state index in [0.717, 1.165) is 47.8 Å². The summed E-state index contributed by atoms with van der Waals surface area (Å²) in [5.41, 5.74) is 16.4. The first-order valence-corrected chi connectivity index (χ1v) is 18.9. The number of nitrogens with two attached hydrogens (primary N) is 1. The number of fused-ring (bicyclic) bond motifs is 2. The Hall–Kier alpha value is -6.16. The number of aryl methyl sites for hydroxylation is 1. The zero-order valence-corrected chi connectivity index (χ0v) is 30.1. The molecule has 8 rings (SSSR count). The van der Waals surface area contributed by atoms with Crippen LogP contribution in [0.15, 0.2) is 188 Å². The van der Waals surface area contributed by atoms with Crippen molar-refractivity contribution < 1.29 is 0 Å². The van der Waals surface area contributed by atoms with Gasteiger partial charge in [-0.25, -0.2) is 0 Å². The second-order valence-corrected chi connectivity index (χ2v) is 13.7. The predicted octanol–water partition coefficient (Wildman–Crippen LogP) is 13.7. The second kappa shape index (κ2) is 16.0. The molecule has 0 unspecified atom stereocenters. The SMILES string of the molecule is NCCCCCCc1ccc(N(c2ccccc2)c2ccc(-c3ccc(N(c4ccccc4)c4cccc5ccccc45)cc3)cc2)c2ccccc12. The van der Waals surface area contributed by atoms with Gasteiger partial charge in [0.2, 0.25) is 0 Å². The third-order valence-electron chi connectivity index (χ3n) is 10.3. The lowest BCUT2D eigenvalue weighted by atomic mass is 9.97. The van der Waals surface area contributed by atoms with Crippen molar-refractivity contribution in [1.29, 1.82) is 0 Å². The Kier molecular flexibility index (Phi) is 10.3. The minimum Gasteiger partial charge on any atom is -0.330 e. The molecule has 8 aromatic rings. The summed E-state index contributed by atoms with van der Waals surface area (Å²) in [5.74, 6) is 0. The zero-order chi connectivity index (χ0) is 35.8. The van der Waals surface area contributed by atoms with Crippen molar-refractivity contribution >= 4 is 55.7 Å². The number of hydrogen-bond acceptors (Lipinski definition) is 3. The van der Waals surface area contributed by atoms with Crippen molar-refractivity contribution in [1.82, 2.24) is 0 Å². The molecule has 3 heteroatoms. The number of hydrogen-bond donors (Lipinski definition) is 1. The molecule has 0 bridgehead atoms. The van der Waals surface area contributed by atoms with E-state index in [2.05, 4.69) is 198 Å². The maximum Gasteiger partial charge on any atom is 0.0540 e. The lowest BCUT2D eigenvalue weighted by molar-refractivity contribution is 0.648. The van der Waals surface area contributed by atoms with Gasteiger partial charge >= 0.3 is 0 Å². The van der Waals surface area contributed by atoms with E-state index in [4.69, 9.17) is 5.73 Å². The van der Waals surface area contributed by atoms with Gasteiger partial charge in [0.05, 0.1) is 11.4 Å². The Labute approximate surface area is 313 Å². The average Bonchev–Trinajstić information content (AvgIpc) is 3.23. The average molecular weight is 688 g/mol. The summed E-state index contributed by atoms with van der Waals surface area (Å²) in [6.45, 7) is 0.778. The van der Waals surface area contributed by atoms with Gasteiger partial charge < -0.3 is 15.5 Å². The highest BCUT2D eigenvalue weighted by Crippen LogP contribution is 2.42. The van der Waals surface area contributed by atoms with Crippen molar-refractivity contribution in [3.05, 3.63) is 194 Å². The first-order valence-electron chi connectivity index (χ1n) is 18.9. The smallest absolute Gasteiger partial charge is 0.0540 e. The number of rotatable bonds is 13. The molecule has 0 fully saturated rings. The predicted molar refractivity (Wildman–Crippen MR) is 227 cm³/mol. The second-order valence-electron chi connectivity index (χ2n) is 13.7. The van der Waals surface area contributed by atoms with Gasteiger partial charge in [-0.2, -0.15) is 0 Å². The Balaban J connectivity index is 1.12. The summed E-state index contributed by atoms with van der Waals surface area (Å²) in [7, 11) is 0. The molecule has 3 nitrogen and oxygen atoms in total. The molecule has 2 N–H and O–H groups in total. The van der Waals surface area contributed by atoms with E-state index in [1.807, 2.05) is 0 Å². The van der Waals surface area contributed by atoms with Crippen LogP contribution in [0.3, 0.4) is 0 Å². The summed E-state index contributed by atoms with van der Waals surface area (Å²) in [6.07, 6.45) is 5.78. The molecule has 0 aliphatic heterocycles. The minimum atomic E-state index is 0.778. The maximum atomic E-state index is 5.73.